The molecule has 62 valence electrons. The first-order valence-corrected chi connectivity index (χ1v) is 4.26. The van der Waals surface area contributed by atoms with E-state index in [0.29, 0.717) is 15.5 Å². The molecular weight excluding hydrogens is 273 g/mol. The van der Waals surface area contributed by atoms with E-state index in [2.05, 4.69) is 15.4 Å². The molecule has 0 saturated carbocycles. The highest BCUT2D eigenvalue weighted by Gasteiger charge is 2.10. The Morgan fingerprint density at radius 3 is 2.75 bits per heavy atom. The van der Waals surface area contributed by atoms with Crippen molar-refractivity contribution in [1.29, 1.82) is 0 Å². The third kappa shape index (κ3) is 1.33. The van der Waals surface area contributed by atoms with Gasteiger partial charge in [-0.2, -0.15) is 0 Å². The molecule has 0 aliphatic heterocycles. The highest BCUT2D eigenvalue weighted by molar-refractivity contribution is 14.1. The molecule has 0 spiro atoms. The summed E-state index contributed by atoms with van der Waals surface area (Å²) in [4.78, 5) is 0. The van der Waals surface area contributed by atoms with Crippen molar-refractivity contribution in [3.05, 3.63) is 15.7 Å². The Labute approximate surface area is 81.3 Å². The van der Waals surface area contributed by atoms with Crippen LogP contribution >= 0.6 is 22.6 Å². The number of hydrogen-bond donors (Lipinski definition) is 0. The molecule has 2 aromatic heterocycles. The molecule has 12 heavy (non-hydrogen) atoms. The lowest BCUT2D eigenvalue weighted by Crippen LogP contribution is -1.72. The van der Waals surface area contributed by atoms with E-state index in [4.69, 9.17) is 8.94 Å². The summed E-state index contributed by atoms with van der Waals surface area (Å²) in [6.45, 7) is 1.83. The molecule has 6 heteroatoms. The van der Waals surface area contributed by atoms with Crippen LogP contribution in [0.4, 0.5) is 0 Å². The first-order valence-electron chi connectivity index (χ1n) is 3.18. The van der Waals surface area contributed by atoms with Crippen LogP contribution in [0.15, 0.2) is 15.0 Å². The third-order valence-electron chi connectivity index (χ3n) is 1.24. The van der Waals surface area contributed by atoms with Crippen molar-refractivity contribution >= 4 is 22.6 Å². The smallest absolute Gasteiger partial charge is 0.287 e. The van der Waals surface area contributed by atoms with Gasteiger partial charge in [-0.1, -0.05) is 5.16 Å². The van der Waals surface area contributed by atoms with Gasteiger partial charge < -0.3 is 8.94 Å². The minimum atomic E-state index is 0.361. The molecule has 0 aromatic carbocycles. The maximum atomic E-state index is 5.11. The average Bonchev–Trinajstić information content (AvgIpc) is 2.58. The number of halogens is 1. The van der Waals surface area contributed by atoms with Crippen LogP contribution in [0.1, 0.15) is 5.69 Å². The summed E-state index contributed by atoms with van der Waals surface area (Å²) in [6, 6.07) is 1.74. The van der Waals surface area contributed by atoms with E-state index in [1.807, 2.05) is 29.5 Å². The van der Waals surface area contributed by atoms with E-state index in [-0.39, 0.29) is 0 Å². The molecule has 0 aliphatic carbocycles. The van der Waals surface area contributed by atoms with Crippen molar-refractivity contribution in [1.82, 2.24) is 15.4 Å². The molecule has 2 heterocycles. The fraction of sp³-hybridized carbons (Fsp3) is 0.167. The second kappa shape index (κ2) is 2.85. The summed E-state index contributed by atoms with van der Waals surface area (Å²) in [5.74, 6) is 0.864. The van der Waals surface area contributed by atoms with Crippen LogP contribution in [0, 0.1) is 10.8 Å². The maximum absolute atomic E-state index is 5.11. The van der Waals surface area contributed by atoms with Gasteiger partial charge in [0.1, 0.15) is 0 Å². The van der Waals surface area contributed by atoms with Crippen molar-refractivity contribution in [2.24, 2.45) is 0 Å². The van der Waals surface area contributed by atoms with Gasteiger partial charge in [0.25, 0.3) is 9.79 Å². The molecule has 0 N–H and O–H groups in total. The molecule has 5 nitrogen and oxygen atoms in total. The minimum Gasteiger partial charge on any atom is -0.409 e. The lowest BCUT2D eigenvalue weighted by Gasteiger charge is -1.80. The zero-order valence-electron chi connectivity index (χ0n) is 6.11. The van der Waals surface area contributed by atoms with Gasteiger partial charge in [0, 0.05) is 28.7 Å². The molecule has 0 radical (unpaired) electrons. The fourth-order valence-electron chi connectivity index (χ4n) is 0.769. The van der Waals surface area contributed by atoms with Crippen molar-refractivity contribution < 1.29 is 8.94 Å². The van der Waals surface area contributed by atoms with Crippen molar-refractivity contribution in [3.8, 4) is 11.7 Å². The zero-order chi connectivity index (χ0) is 8.55. The van der Waals surface area contributed by atoms with Gasteiger partial charge in [-0.3, -0.25) is 0 Å². The molecule has 0 bridgehead atoms. The molecule has 0 saturated heterocycles. The molecule has 2 aromatic rings. The van der Waals surface area contributed by atoms with Gasteiger partial charge in [-0.15, -0.1) is 10.2 Å². The van der Waals surface area contributed by atoms with E-state index in [1.54, 1.807) is 6.07 Å². The van der Waals surface area contributed by atoms with Gasteiger partial charge in [0.15, 0.2) is 0 Å². The quantitative estimate of drug-likeness (QED) is 0.741. The first-order chi connectivity index (χ1) is 5.75. The normalized spacial score (nSPS) is 10.5. The number of rotatable bonds is 1. The summed E-state index contributed by atoms with van der Waals surface area (Å²) in [6.07, 6.45) is 0. The molecule has 0 aliphatic rings. The second-order valence-electron chi connectivity index (χ2n) is 2.19. The predicted molar refractivity (Wildman–Crippen MR) is 47.2 cm³/mol. The summed E-state index contributed by atoms with van der Waals surface area (Å²) < 4.78 is 10.5. The molecule has 0 fully saturated rings. The SMILES string of the molecule is Cc1cc(-c2nnc(I)o2)on1. The fourth-order valence-corrected chi connectivity index (χ4v) is 1.09. The number of aromatic nitrogens is 3. The summed E-state index contributed by atoms with van der Waals surface area (Å²) in [5.41, 5.74) is 0.790. The Morgan fingerprint density at radius 1 is 1.42 bits per heavy atom. The minimum absolute atomic E-state index is 0.361. The van der Waals surface area contributed by atoms with Crippen LogP contribution < -0.4 is 0 Å². The zero-order valence-corrected chi connectivity index (χ0v) is 8.27. The predicted octanol–water partition coefficient (Wildman–Crippen LogP) is 1.64. The Bertz CT molecular complexity index is 357. The lowest BCUT2D eigenvalue weighted by atomic mass is 10.4. The highest BCUT2D eigenvalue weighted by atomic mass is 127. The van der Waals surface area contributed by atoms with Crippen LogP contribution in [-0.2, 0) is 0 Å². The summed E-state index contributed by atoms with van der Waals surface area (Å²) >= 11 is 1.93. The van der Waals surface area contributed by atoms with Crippen LogP contribution in [0.2, 0.25) is 0 Å². The Balaban J connectivity index is 2.43. The second-order valence-corrected chi connectivity index (χ2v) is 3.12. The number of nitrogens with zero attached hydrogens (tertiary/aromatic N) is 3. The molecule has 0 atom stereocenters. The Morgan fingerprint density at radius 2 is 2.25 bits per heavy atom. The Kier molecular flexibility index (Phi) is 1.83. The van der Waals surface area contributed by atoms with Gasteiger partial charge in [0.2, 0.25) is 5.76 Å². The highest BCUT2D eigenvalue weighted by Crippen LogP contribution is 2.18. The van der Waals surface area contributed by atoms with Gasteiger partial charge in [0.05, 0.1) is 5.69 Å². The van der Waals surface area contributed by atoms with E-state index in [0.717, 1.165) is 5.69 Å². The molecule has 0 amide bonds. The lowest BCUT2D eigenvalue weighted by molar-refractivity contribution is 0.408. The average molecular weight is 277 g/mol. The van der Waals surface area contributed by atoms with Gasteiger partial charge in [-0.05, 0) is 6.92 Å². The maximum Gasteiger partial charge on any atom is 0.287 e. The van der Waals surface area contributed by atoms with Crippen molar-refractivity contribution in [3.63, 3.8) is 0 Å². The van der Waals surface area contributed by atoms with Gasteiger partial charge >= 0.3 is 0 Å². The van der Waals surface area contributed by atoms with Crippen LogP contribution in [0.3, 0.4) is 0 Å². The Hall–Kier alpha value is -0.920. The summed E-state index contributed by atoms with van der Waals surface area (Å²) in [7, 11) is 0. The van der Waals surface area contributed by atoms with E-state index >= 15 is 0 Å². The standard InChI is InChI=1S/C6H4IN3O2/c1-3-2-4(12-10-3)5-8-9-6(7)11-5/h2H,1H3. The van der Waals surface area contributed by atoms with Crippen molar-refractivity contribution in [2.45, 2.75) is 6.92 Å². The number of aryl methyl sites for hydroxylation is 1. The first kappa shape index (κ1) is 7.71. The largest absolute Gasteiger partial charge is 0.409 e. The topological polar surface area (TPSA) is 65.0 Å². The van der Waals surface area contributed by atoms with Crippen molar-refractivity contribution in [2.75, 3.05) is 0 Å². The van der Waals surface area contributed by atoms with Crippen LogP contribution in [-0.4, -0.2) is 15.4 Å². The van der Waals surface area contributed by atoms with Crippen LogP contribution in [0.5, 0.6) is 0 Å². The van der Waals surface area contributed by atoms with E-state index in [9.17, 15) is 0 Å². The molecular formula is C6H4IN3O2. The van der Waals surface area contributed by atoms with Gasteiger partial charge in [-0.25, -0.2) is 0 Å². The number of hydrogen-bond acceptors (Lipinski definition) is 5. The van der Waals surface area contributed by atoms with E-state index < -0.39 is 0 Å². The van der Waals surface area contributed by atoms with E-state index in [1.165, 1.54) is 0 Å². The van der Waals surface area contributed by atoms with Crippen LogP contribution in [0.25, 0.3) is 11.7 Å². The third-order valence-corrected chi connectivity index (χ3v) is 1.68. The molecule has 0 unspecified atom stereocenters. The monoisotopic (exact) mass is 277 g/mol. The molecule has 2 rings (SSSR count). The summed E-state index contributed by atoms with van der Waals surface area (Å²) in [5, 5.41) is 11.1.